The molecule has 1 atom stereocenters. The zero-order chi connectivity index (χ0) is 21.6. The average Bonchev–Trinajstić information content (AvgIpc) is 3.44. The molecule has 3 heterocycles. The van der Waals surface area contributed by atoms with E-state index in [-0.39, 0.29) is 11.7 Å². The third kappa shape index (κ3) is 5.27. The number of rotatable bonds is 10. The first-order chi connectivity index (χ1) is 15.2. The fraction of sp³-hybridized carbons (Fsp3) is 0.524. The molecule has 0 spiro atoms. The fourth-order valence-corrected chi connectivity index (χ4v) is 3.86. The number of benzene rings is 1. The van der Waals surface area contributed by atoms with Crippen LogP contribution in [0.15, 0.2) is 29.1 Å². The minimum atomic E-state index is -0.103. The number of nitrogens with one attached hydrogen (secondary N) is 1. The normalized spacial score (nSPS) is 16.4. The molecule has 31 heavy (non-hydrogen) atoms. The molecule has 10 heteroatoms. The molecule has 1 aliphatic rings. The number of pyridine rings is 1. The van der Waals surface area contributed by atoms with Gasteiger partial charge in [0.05, 0.1) is 32.9 Å². The Morgan fingerprint density at radius 1 is 1.29 bits per heavy atom. The number of methoxy groups -OCH3 is 2. The van der Waals surface area contributed by atoms with E-state index in [9.17, 15) is 4.79 Å². The Morgan fingerprint density at radius 2 is 2.19 bits per heavy atom. The van der Waals surface area contributed by atoms with Crippen molar-refractivity contribution in [1.29, 1.82) is 0 Å². The van der Waals surface area contributed by atoms with Crippen LogP contribution in [-0.2, 0) is 29.1 Å². The molecule has 0 aliphatic carbocycles. The number of aromatic nitrogens is 5. The molecular formula is C21H28N6O4. The van der Waals surface area contributed by atoms with Gasteiger partial charge in [0.2, 0.25) is 0 Å². The van der Waals surface area contributed by atoms with Gasteiger partial charge < -0.3 is 19.2 Å². The van der Waals surface area contributed by atoms with E-state index in [4.69, 9.17) is 14.2 Å². The molecule has 1 fully saturated rings. The third-order valence-corrected chi connectivity index (χ3v) is 5.49. The van der Waals surface area contributed by atoms with Gasteiger partial charge in [-0.2, -0.15) is 0 Å². The molecule has 10 nitrogen and oxygen atoms in total. The van der Waals surface area contributed by atoms with Crippen LogP contribution >= 0.6 is 0 Å². The van der Waals surface area contributed by atoms with Crippen molar-refractivity contribution >= 4 is 10.9 Å². The highest BCUT2D eigenvalue weighted by Gasteiger charge is 2.22. The summed E-state index contributed by atoms with van der Waals surface area (Å²) in [6, 6.07) is 7.53. The van der Waals surface area contributed by atoms with Crippen molar-refractivity contribution in [2.75, 3.05) is 34.0 Å². The lowest BCUT2D eigenvalue weighted by atomic mass is 10.1. The Labute approximate surface area is 180 Å². The lowest BCUT2D eigenvalue weighted by Crippen LogP contribution is -2.34. The number of tetrazole rings is 1. The first kappa shape index (κ1) is 21.4. The molecule has 0 amide bonds. The van der Waals surface area contributed by atoms with Gasteiger partial charge in [0, 0.05) is 43.3 Å². The maximum absolute atomic E-state index is 12.8. The summed E-state index contributed by atoms with van der Waals surface area (Å²) in [7, 11) is 3.28. The van der Waals surface area contributed by atoms with Crippen molar-refractivity contribution in [2.45, 2.75) is 38.6 Å². The Balaban J connectivity index is 1.59. The summed E-state index contributed by atoms with van der Waals surface area (Å²) in [5.41, 5.74) is 1.35. The monoisotopic (exact) mass is 428 g/mol. The van der Waals surface area contributed by atoms with Crippen molar-refractivity contribution in [3.63, 3.8) is 0 Å². The predicted octanol–water partition coefficient (Wildman–Crippen LogP) is 1.35. The lowest BCUT2D eigenvalue weighted by Gasteiger charge is -2.24. The van der Waals surface area contributed by atoms with Crippen molar-refractivity contribution in [2.24, 2.45) is 0 Å². The van der Waals surface area contributed by atoms with Crippen molar-refractivity contribution in [3.05, 3.63) is 46.0 Å². The van der Waals surface area contributed by atoms with Gasteiger partial charge in [0.1, 0.15) is 5.75 Å². The Morgan fingerprint density at radius 3 is 2.97 bits per heavy atom. The molecule has 2 aromatic heterocycles. The zero-order valence-corrected chi connectivity index (χ0v) is 17.9. The number of H-pyrrole nitrogens is 1. The first-order valence-corrected chi connectivity index (χ1v) is 10.4. The van der Waals surface area contributed by atoms with E-state index >= 15 is 0 Å². The maximum atomic E-state index is 12.8. The van der Waals surface area contributed by atoms with Gasteiger partial charge in [-0.05, 0) is 47.5 Å². The van der Waals surface area contributed by atoms with E-state index in [2.05, 4.69) is 25.4 Å². The van der Waals surface area contributed by atoms with E-state index in [0.717, 1.165) is 41.9 Å². The van der Waals surface area contributed by atoms with Crippen LogP contribution in [0.4, 0.5) is 0 Å². The van der Waals surface area contributed by atoms with E-state index < -0.39 is 0 Å². The molecule has 0 bridgehead atoms. The summed E-state index contributed by atoms with van der Waals surface area (Å²) in [5, 5.41) is 13.0. The van der Waals surface area contributed by atoms with E-state index in [1.807, 2.05) is 24.3 Å². The van der Waals surface area contributed by atoms with E-state index in [0.29, 0.717) is 38.3 Å². The molecule has 0 radical (unpaired) electrons. The van der Waals surface area contributed by atoms with Crippen LogP contribution in [0, 0.1) is 0 Å². The summed E-state index contributed by atoms with van der Waals surface area (Å²) in [6.07, 6.45) is 2.21. The fourth-order valence-electron chi connectivity index (χ4n) is 3.86. The van der Waals surface area contributed by atoms with Crippen molar-refractivity contribution in [3.8, 4) is 5.75 Å². The highest BCUT2D eigenvalue weighted by Crippen LogP contribution is 2.20. The molecule has 0 saturated carbocycles. The summed E-state index contributed by atoms with van der Waals surface area (Å²) in [5.74, 6) is 1.48. The van der Waals surface area contributed by atoms with Gasteiger partial charge in [-0.3, -0.25) is 9.69 Å². The molecule has 166 valence electrons. The van der Waals surface area contributed by atoms with Crippen LogP contribution in [-0.4, -0.2) is 70.2 Å². The van der Waals surface area contributed by atoms with Gasteiger partial charge in [-0.15, -0.1) is 5.10 Å². The van der Waals surface area contributed by atoms with E-state index in [1.54, 1.807) is 18.9 Å². The molecule has 3 aromatic rings. The Kier molecular flexibility index (Phi) is 6.90. The second-order valence-corrected chi connectivity index (χ2v) is 7.69. The SMILES string of the molecule is COCCn1nnnc1CN(Cc1cc2cc(OC)ccc2[nH]c1=O)C[C@H]1CCCO1. The predicted molar refractivity (Wildman–Crippen MR) is 114 cm³/mol. The largest absolute Gasteiger partial charge is 0.497 e. The Bertz CT molecular complexity index is 1060. The Hall–Kier alpha value is -2.82. The lowest BCUT2D eigenvalue weighted by molar-refractivity contribution is 0.0660. The number of fused-ring (bicyclic) bond motifs is 1. The second kappa shape index (κ2) is 9.99. The minimum Gasteiger partial charge on any atom is -0.497 e. The standard InChI is InChI=1S/C21H28N6O4/c1-29-9-7-27-20(23-24-25-27)14-26(13-18-4-3-8-31-18)12-16-10-15-11-17(30-2)5-6-19(15)22-21(16)28/h5-6,10-11,18H,3-4,7-9,12-14H2,1-2H3,(H,22,28)/t18-/m1/s1. The quantitative estimate of drug-likeness (QED) is 0.516. The number of hydrogen-bond donors (Lipinski definition) is 1. The van der Waals surface area contributed by atoms with Crippen LogP contribution in [0.3, 0.4) is 0 Å². The van der Waals surface area contributed by atoms with E-state index in [1.165, 1.54) is 0 Å². The van der Waals surface area contributed by atoms with Crippen LogP contribution < -0.4 is 10.3 Å². The molecular weight excluding hydrogens is 400 g/mol. The van der Waals surface area contributed by atoms with Crippen LogP contribution in [0.2, 0.25) is 0 Å². The smallest absolute Gasteiger partial charge is 0.252 e. The summed E-state index contributed by atoms with van der Waals surface area (Å²) in [6.45, 7) is 3.54. The summed E-state index contributed by atoms with van der Waals surface area (Å²) < 4.78 is 18.1. The van der Waals surface area contributed by atoms with Gasteiger partial charge >= 0.3 is 0 Å². The zero-order valence-electron chi connectivity index (χ0n) is 17.9. The molecule has 1 N–H and O–H groups in total. The van der Waals surface area contributed by atoms with Crippen LogP contribution in [0.5, 0.6) is 5.75 Å². The number of nitrogens with zero attached hydrogens (tertiary/aromatic N) is 5. The van der Waals surface area contributed by atoms with Gasteiger partial charge in [-0.1, -0.05) is 0 Å². The third-order valence-electron chi connectivity index (χ3n) is 5.49. The van der Waals surface area contributed by atoms with Crippen LogP contribution in [0.1, 0.15) is 24.2 Å². The molecule has 4 rings (SSSR count). The highest BCUT2D eigenvalue weighted by molar-refractivity contribution is 5.80. The summed E-state index contributed by atoms with van der Waals surface area (Å²) in [4.78, 5) is 17.9. The second-order valence-electron chi connectivity index (χ2n) is 7.69. The average molecular weight is 428 g/mol. The van der Waals surface area contributed by atoms with Crippen LogP contribution in [0.25, 0.3) is 10.9 Å². The van der Waals surface area contributed by atoms with Gasteiger partial charge in [0.25, 0.3) is 5.56 Å². The maximum Gasteiger partial charge on any atom is 0.252 e. The minimum absolute atomic E-state index is 0.103. The molecule has 0 unspecified atom stereocenters. The van der Waals surface area contributed by atoms with Gasteiger partial charge in [-0.25, -0.2) is 4.68 Å². The summed E-state index contributed by atoms with van der Waals surface area (Å²) >= 11 is 0. The number of aromatic amines is 1. The van der Waals surface area contributed by atoms with Crippen molar-refractivity contribution in [1.82, 2.24) is 30.1 Å². The number of ether oxygens (including phenoxy) is 3. The topological polar surface area (TPSA) is 107 Å². The molecule has 1 saturated heterocycles. The molecule has 1 aromatic carbocycles. The first-order valence-electron chi connectivity index (χ1n) is 10.4. The van der Waals surface area contributed by atoms with Gasteiger partial charge in [0.15, 0.2) is 5.82 Å². The highest BCUT2D eigenvalue weighted by atomic mass is 16.5. The van der Waals surface area contributed by atoms with Crippen molar-refractivity contribution < 1.29 is 14.2 Å². The number of hydrogen-bond acceptors (Lipinski definition) is 8. The molecule has 1 aliphatic heterocycles.